The van der Waals surface area contributed by atoms with Crippen LogP contribution < -0.4 is 5.32 Å². The molecule has 0 aliphatic carbocycles. The summed E-state index contributed by atoms with van der Waals surface area (Å²) in [4.78, 5) is 29.5. The Labute approximate surface area is 159 Å². The fraction of sp³-hybridized carbons (Fsp3) is 0.444. The first-order valence-corrected chi connectivity index (χ1v) is 8.91. The maximum absolute atomic E-state index is 12.6. The van der Waals surface area contributed by atoms with Crippen LogP contribution in [0.25, 0.3) is 5.82 Å². The van der Waals surface area contributed by atoms with Crippen LogP contribution >= 0.6 is 0 Å². The number of carbonyl (C=O) groups is 2. The molecule has 3 heterocycles. The van der Waals surface area contributed by atoms with Gasteiger partial charge in [-0.2, -0.15) is 18.3 Å². The van der Waals surface area contributed by atoms with E-state index < -0.39 is 11.7 Å². The van der Waals surface area contributed by atoms with Crippen LogP contribution in [0.15, 0.2) is 24.5 Å². The molecule has 7 nitrogen and oxygen atoms in total. The van der Waals surface area contributed by atoms with Gasteiger partial charge in [0.15, 0.2) is 5.82 Å². The van der Waals surface area contributed by atoms with Crippen LogP contribution in [0, 0.1) is 6.92 Å². The molecule has 0 radical (unpaired) electrons. The summed E-state index contributed by atoms with van der Waals surface area (Å²) in [6.45, 7) is 3.42. The Hall–Kier alpha value is -2.91. The highest BCUT2D eigenvalue weighted by Crippen LogP contribution is 2.28. The number of rotatable bonds is 6. The summed E-state index contributed by atoms with van der Waals surface area (Å²) in [6.07, 6.45) is -0.269. The van der Waals surface area contributed by atoms with Crippen molar-refractivity contribution in [3.8, 4) is 5.82 Å². The number of carbonyl (C=O) groups excluding carboxylic acids is 2. The van der Waals surface area contributed by atoms with Crippen LogP contribution in [-0.4, -0.2) is 51.1 Å². The molecule has 2 amide bonds. The molecule has 0 saturated carbocycles. The van der Waals surface area contributed by atoms with Crippen LogP contribution in [0.1, 0.15) is 40.9 Å². The van der Waals surface area contributed by atoms with E-state index in [0.717, 1.165) is 25.2 Å². The van der Waals surface area contributed by atoms with E-state index in [0.29, 0.717) is 37.2 Å². The minimum Gasteiger partial charge on any atom is -0.352 e. The van der Waals surface area contributed by atoms with Crippen LogP contribution in [-0.2, 0) is 11.0 Å². The number of alkyl halides is 3. The van der Waals surface area contributed by atoms with Crippen molar-refractivity contribution < 1.29 is 22.8 Å². The molecule has 0 spiro atoms. The molecule has 150 valence electrons. The Balaban J connectivity index is 1.59. The first-order valence-electron chi connectivity index (χ1n) is 8.91. The highest BCUT2D eigenvalue weighted by atomic mass is 19.4. The van der Waals surface area contributed by atoms with Gasteiger partial charge in [0.2, 0.25) is 5.91 Å². The molecule has 1 fully saturated rings. The predicted molar refractivity (Wildman–Crippen MR) is 93.9 cm³/mol. The van der Waals surface area contributed by atoms with Gasteiger partial charge >= 0.3 is 6.18 Å². The number of likely N-dealkylation sites (tertiary alicyclic amines) is 1. The number of halogens is 3. The standard InChI is InChI=1S/C18H20F3N5O2/c1-12-14(17(28)22-7-3-9-25-8-2-4-16(25)27)11-24-26(12)15-6-5-13(10-23-15)18(19,20)21/h5-6,10-11H,2-4,7-9H2,1H3,(H,22,28). The molecule has 0 atom stereocenters. The average Bonchev–Trinajstić information content (AvgIpc) is 3.23. The number of hydrogen-bond donors (Lipinski definition) is 1. The van der Waals surface area contributed by atoms with E-state index >= 15 is 0 Å². The molecule has 28 heavy (non-hydrogen) atoms. The lowest BCUT2D eigenvalue weighted by molar-refractivity contribution is -0.137. The third kappa shape index (κ3) is 4.32. The topological polar surface area (TPSA) is 80.1 Å². The molecule has 1 aliphatic rings. The van der Waals surface area contributed by atoms with Crippen molar-refractivity contribution in [2.45, 2.75) is 32.4 Å². The van der Waals surface area contributed by atoms with Crippen molar-refractivity contribution in [2.75, 3.05) is 19.6 Å². The first kappa shape index (κ1) is 19.8. The van der Waals surface area contributed by atoms with Crippen molar-refractivity contribution >= 4 is 11.8 Å². The highest BCUT2D eigenvalue weighted by Gasteiger charge is 2.30. The summed E-state index contributed by atoms with van der Waals surface area (Å²) in [7, 11) is 0. The average molecular weight is 395 g/mol. The van der Waals surface area contributed by atoms with E-state index in [1.54, 1.807) is 11.8 Å². The largest absolute Gasteiger partial charge is 0.417 e. The number of aromatic nitrogens is 3. The summed E-state index contributed by atoms with van der Waals surface area (Å²) >= 11 is 0. The highest BCUT2D eigenvalue weighted by molar-refractivity contribution is 5.95. The zero-order valence-corrected chi connectivity index (χ0v) is 15.3. The third-order valence-corrected chi connectivity index (χ3v) is 4.61. The smallest absolute Gasteiger partial charge is 0.352 e. The summed E-state index contributed by atoms with van der Waals surface area (Å²) < 4.78 is 39.2. The van der Waals surface area contributed by atoms with E-state index in [4.69, 9.17) is 0 Å². The first-order chi connectivity index (χ1) is 13.3. The minimum atomic E-state index is -4.46. The zero-order chi connectivity index (χ0) is 20.3. The summed E-state index contributed by atoms with van der Waals surface area (Å²) in [5, 5.41) is 6.83. The molecule has 1 N–H and O–H groups in total. The maximum Gasteiger partial charge on any atom is 0.417 e. The monoisotopic (exact) mass is 395 g/mol. The van der Waals surface area contributed by atoms with Crippen LogP contribution in [0.5, 0.6) is 0 Å². The molecule has 10 heteroatoms. The summed E-state index contributed by atoms with van der Waals surface area (Å²) in [5.74, 6) is 0.00740. The molecule has 3 rings (SSSR count). The van der Waals surface area contributed by atoms with E-state index in [1.165, 1.54) is 16.9 Å². The molecular formula is C18H20F3N5O2. The second-order valence-corrected chi connectivity index (χ2v) is 6.55. The predicted octanol–water partition coefficient (Wildman–Crippen LogP) is 2.34. The SMILES string of the molecule is Cc1c(C(=O)NCCCN2CCCC2=O)cnn1-c1ccc(C(F)(F)F)cn1. The van der Waals surface area contributed by atoms with E-state index in [2.05, 4.69) is 15.4 Å². The van der Waals surface area contributed by atoms with Gasteiger partial charge in [0.1, 0.15) is 0 Å². The molecule has 2 aromatic rings. The lowest BCUT2D eigenvalue weighted by Gasteiger charge is -2.15. The fourth-order valence-electron chi connectivity index (χ4n) is 3.05. The van der Waals surface area contributed by atoms with Gasteiger partial charge in [-0.3, -0.25) is 9.59 Å². The quantitative estimate of drug-likeness (QED) is 0.762. The fourth-order valence-corrected chi connectivity index (χ4v) is 3.05. The minimum absolute atomic E-state index is 0.146. The molecule has 2 aromatic heterocycles. The van der Waals surface area contributed by atoms with Crippen molar-refractivity contribution in [3.05, 3.63) is 41.3 Å². The molecule has 0 unspecified atom stereocenters. The van der Waals surface area contributed by atoms with Gasteiger partial charge in [-0.1, -0.05) is 0 Å². The van der Waals surface area contributed by atoms with Gasteiger partial charge in [-0.05, 0) is 31.9 Å². The maximum atomic E-state index is 12.6. The second-order valence-electron chi connectivity index (χ2n) is 6.55. The lowest BCUT2D eigenvalue weighted by atomic mass is 10.2. The van der Waals surface area contributed by atoms with Gasteiger partial charge in [0, 0.05) is 32.3 Å². The number of hydrogen-bond acceptors (Lipinski definition) is 4. The number of nitrogens with one attached hydrogen (secondary N) is 1. The van der Waals surface area contributed by atoms with E-state index in [1.807, 2.05) is 0 Å². The van der Waals surface area contributed by atoms with E-state index in [-0.39, 0.29) is 17.6 Å². The van der Waals surface area contributed by atoms with Gasteiger partial charge < -0.3 is 10.2 Å². The molecule has 1 saturated heterocycles. The molecular weight excluding hydrogens is 375 g/mol. The zero-order valence-electron chi connectivity index (χ0n) is 15.3. The summed E-state index contributed by atoms with van der Waals surface area (Å²) in [6, 6.07) is 2.13. The van der Waals surface area contributed by atoms with Crippen molar-refractivity contribution in [1.82, 2.24) is 25.0 Å². The number of nitrogens with zero attached hydrogens (tertiary/aromatic N) is 4. The Morgan fingerprint density at radius 3 is 2.68 bits per heavy atom. The normalized spacial score (nSPS) is 14.6. The van der Waals surface area contributed by atoms with Crippen molar-refractivity contribution in [2.24, 2.45) is 0 Å². The van der Waals surface area contributed by atoms with Gasteiger partial charge in [-0.15, -0.1) is 0 Å². The summed E-state index contributed by atoms with van der Waals surface area (Å²) in [5.41, 5.74) is -0.0612. The Morgan fingerprint density at radius 2 is 2.07 bits per heavy atom. The van der Waals surface area contributed by atoms with Crippen molar-refractivity contribution in [1.29, 1.82) is 0 Å². The lowest BCUT2D eigenvalue weighted by Crippen LogP contribution is -2.30. The Bertz CT molecular complexity index is 861. The number of pyridine rings is 1. The van der Waals surface area contributed by atoms with Crippen LogP contribution in [0.4, 0.5) is 13.2 Å². The van der Waals surface area contributed by atoms with Gasteiger partial charge in [-0.25, -0.2) is 9.67 Å². The Morgan fingerprint density at radius 1 is 1.29 bits per heavy atom. The molecule has 0 aromatic carbocycles. The Kier molecular flexibility index (Phi) is 5.66. The molecule has 1 aliphatic heterocycles. The van der Waals surface area contributed by atoms with Gasteiger partial charge in [0.05, 0.1) is 23.0 Å². The van der Waals surface area contributed by atoms with Crippen LogP contribution in [0.3, 0.4) is 0 Å². The molecule has 0 bridgehead atoms. The second kappa shape index (κ2) is 7.99. The van der Waals surface area contributed by atoms with E-state index in [9.17, 15) is 22.8 Å². The van der Waals surface area contributed by atoms with Gasteiger partial charge in [0.25, 0.3) is 5.91 Å². The van der Waals surface area contributed by atoms with Crippen LogP contribution in [0.2, 0.25) is 0 Å². The van der Waals surface area contributed by atoms with Crippen molar-refractivity contribution in [3.63, 3.8) is 0 Å². The number of amides is 2. The third-order valence-electron chi connectivity index (χ3n) is 4.61.